The van der Waals surface area contributed by atoms with Crippen molar-refractivity contribution in [2.45, 2.75) is 39.0 Å². The van der Waals surface area contributed by atoms with Gasteiger partial charge in [-0.15, -0.1) is 0 Å². The Hall–Kier alpha value is -2.80. The number of rotatable bonds is 2. The fourth-order valence-corrected chi connectivity index (χ4v) is 3.92. The van der Waals surface area contributed by atoms with E-state index in [2.05, 4.69) is 91.2 Å². The molecule has 0 aromatic heterocycles. The van der Waals surface area contributed by atoms with E-state index in [0.717, 1.165) is 25.0 Å². The first-order valence-electron chi connectivity index (χ1n) is 9.93. The molecule has 27 heavy (non-hydrogen) atoms. The lowest BCUT2D eigenvalue weighted by atomic mass is 9.96. The fourth-order valence-electron chi connectivity index (χ4n) is 3.92. The SMILES string of the molecule is C=C1/C=C\CCCC2=C(C=CCC2)N1c1ccc(-c2ccc(C)cc2)cc1. The second-order valence-corrected chi connectivity index (χ2v) is 7.46. The van der Waals surface area contributed by atoms with E-state index in [4.69, 9.17) is 0 Å². The third-order valence-electron chi connectivity index (χ3n) is 5.45. The molecule has 0 amide bonds. The summed E-state index contributed by atoms with van der Waals surface area (Å²) in [7, 11) is 0. The lowest BCUT2D eigenvalue weighted by molar-refractivity contribution is 0.768. The predicted molar refractivity (Wildman–Crippen MR) is 117 cm³/mol. The van der Waals surface area contributed by atoms with E-state index in [1.54, 1.807) is 5.57 Å². The van der Waals surface area contributed by atoms with Gasteiger partial charge in [0.1, 0.15) is 0 Å². The van der Waals surface area contributed by atoms with E-state index in [1.807, 2.05) is 0 Å². The largest absolute Gasteiger partial charge is 0.311 e. The Balaban J connectivity index is 1.72. The van der Waals surface area contributed by atoms with Gasteiger partial charge in [0.05, 0.1) is 0 Å². The Morgan fingerprint density at radius 3 is 2.19 bits per heavy atom. The van der Waals surface area contributed by atoms with Crippen molar-refractivity contribution in [2.75, 3.05) is 4.90 Å². The van der Waals surface area contributed by atoms with Crippen LogP contribution in [-0.2, 0) is 0 Å². The lowest BCUT2D eigenvalue weighted by Crippen LogP contribution is -2.21. The second kappa shape index (κ2) is 7.84. The van der Waals surface area contributed by atoms with Crippen molar-refractivity contribution in [2.24, 2.45) is 0 Å². The summed E-state index contributed by atoms with van der Waals surface area (Å²) in [6.45, 7) is 6.49. The summed E-state index contributed by atoms with van der Waals surface area (Å²) in [6.07, 6.45) is 14.9. The molecule has 2 aromatic carbocycles. The predicted octanol–water partition coefficient (Wildman–Crippen LogP) is 7.33. The highest BCUT2D eigenvalue weighted by Gasteiger charge is 2.19. The number of nitrogens with zero attached hydrogens (tertiary/aromatic N) is 1. The van der Waals surface area contributed by atoms with Crippen LogP contribution in [0, 0.1) is 6.92 Å². The maximum atomic E-state index is 4.37. The van der Waals surface area contributed by atoms with Crippen LogP contribution in [-0.4, -0.2) is 0 Å². The van der Waals surface area contributed by atoms with E-state index in [1.165, 1.54) is 40.9 Å². The minimum atomic E-state index is 1.04. The number of benzene rings is 2. The van der Waals surface area contributed by atoms with Gasteiger partial charge in [0.2, 0.25) is 0 Å². The molecule has 136 valence electrons. The van der Waals surface area contributed by atoms with Crippen molar-refractivity contribution >= 4 is 5.69 Å². The van der Waals surface area contributed by atoms with Crippen molar-refractivity contribution in [3.63, 3.8) is 0 Å². The molecular weight excluding hydrogens is 326 g/mol. The zero-order chi connectivity index (χ0) is 18.6. The van der Waals surface area contributed by atoms with Crippen LogP contribution >= 0.6 is 0 Å². The zero-order valence-electron chi connectivity index (χ0n) is 16.1. The molecule has 0 radical (unpaired) electrons. The number of aryl methyl sites for hydroxylation is 1. The van der Waals surface area contributed by atoms with Crippen LogP contribution in [0.3, 0.4) is 0 Å². The van der Waals surface area contributed by atoms with Crippen LogP contribution < -0.4 is 4.90 Å². The van der Waals surface area contributed by atoms with E-state index < -0.39 is 0 Å². The first-order valence-corrected chi connectivity index (χ1v) is 9.93. The van der Waals surface area contributed by atoms with E-state index in [-0.39, 0.29) is 0 Å². The third kappa shape index (κ3) is 3.83. The summed E-state index contributed by atoms with van der Waals surface area (Å²) < 4.78 is 0. The number of allylic oxidation sites excluding steroid dienone is 5. The van der Waals surface area contributed by atoms with Crippen LogP contribution in [0.25, 0.3) is 11.1 Å². The molecule has 1 heteroatoms. The molecular formula is C26H27N. The summed E-state index contributed by atoms with van der Waals surface area (Å²) in [5.41, 5.74) is 8.90. The Morgan fingerprint density at radius 2 is 1.44 bits per heavy atom. The Labute approximate surface area is 163 Å². The van der Waals surface area contributed by atoms with Gasteiger partial charge in [0, 0.05) is 17.1 Å². The molecule has 2 aliphatic rings. The monoisotopic (exact) mass is 353 g/mol. The minimum absolute atomic E-state index is 1.04. The van der Waals surface area contributed by atoms with Crippen LogP contribution in [0.5, 0.6) is 0 Å². The normalized spacial score (nSPS) is 18.6. The lowest BCUT2D eigenvalue weighted by Gasteiger charge is -2.30. The minimum Gasteiger partial charge on any atom is -0.311 e. The summed E-state index contributed by atoms with van der Waals surface area (Å²) in [6, 6.07) is 17.6. The highest BCUT2D eigenvalue weighted by atomic mass is 15.2. The van der Waals surface area contributed by atoms with Gasteiger partial charge in [-0.3, -0.25) is 0 Å². The topological polar surface area (TPSA) is 3.24 Å². The molecule has 0 fully saturated rings. The molecule has 0 saturated heterocycles. The molecule has 1 aliphatic carbocycles. The van der Waals surface area contributed by atoms with Crippen molar-refractivity contribution in [1.82, 2.24) is 0 Å². The molecule has 1 nitrogen and oxygen atoms in total. The van der Waals surface area contributed by atoms with E-state index in [0.29, 0.717) is 0 Å². The molecule has 0 spiro atoms. The number of hydrogen-bond acceptors (Lipinski definition) is 1. The number of hydrogen-bond donors (Lipinski definition) is 0. The Kier molecular flexibility index (Phi) is 5.11. The Bertz CT molecular complexity index is 908. The van der Waals surface area contributed by atoms with Gasteiger partial charge in [0.15, 0.2) is 0 Å². The highest BCUT2D eigenvalue weighted by molar-refractivity contribution is 5.70. The summed E-state index contributed by atoms with van der Waals surface area (Å²) in [5.74, 6) is 0. The van der Waals surface area contributed by atoms with Crippen LogP contribution in [0.2, 0.25) is 0 Å². The average Bonchev–Trinajstić information content (AvgIpc) is 2.77. The van der Waals surface area contributed by atoms with Crippen molar-refractivity contribution in [3.05, 3.63) is 102 Å². The van der Waals surface area contributed by atoms with Crippen molar-refractivity contribution < 1.29 is 0 Å². The van der Waals surface area contributed by atoms with Crippen LogP contribution in [0.4, 0.5) is 5.69 Å². The molecule has 0 N–H and O–H groups in total. The Morgan fingerprint density at radius 1 is 0.778 bits per heavy atom. The van der Waals surface area contributed by atoms with Gasteiger partial charge >= 0.3 is 0 Å². The van der Waals surface area contributed by atoms with Crippen LogP contribution in [0.15, 0.2) is 96.4 Å². The summed E-state index contributed by atoms with van der Waals surface area (Å²) >= 11 is 0. The maximum Gasteiger partial charge on any atom is 0.0461 e. The first kappa shape index (κ1) is 17.6. The highest BCUT2D eigenvalue weighted by Crippen LogP contribution is 2.34. The molecule has 1 heterocycles. The maximum absolute atomic E-state index is 4.37. The molecule has 0 saturated carbocycles. The average molecular weight is 354 g/mol. The van der Waals surface area contributed by atoms with E-state index >= 15 is 0 Å². The van der Waals surface area contributed by atoms with Gasteiger partial charge in [-0.25, -0.2) is 0 Å². The third-order valence-corrected chi connectivity index (χ3v) is 5.45. The second-order valence-electron chi connectivity index (χ2n) is 7.46. The fraction of sp³-hybridized carbons (Fsp3) is 0.231. The first-order chi connectivity index (χ1) is 13.2. The summed E-state index contributed by atoms with van der Waals surface area (Å²) in [5, 5.41) is 0. The van der Waals surface area contributed by atoms with Gasteiger partial charge in [0.25, 0.3) is 0 Å². The van der Waals surface area contributed by atoms with Crippen LogP contribution in [0.1, 0.15) is 37.7 Å². The van der Waals surface area contributed by atoms with Gasteiger partial charge in [-0.05, 0) is 80.0 Å². The molecule has 4 rings (SSSR count). The number of anilines is 1. The molecule has 0 unspecified atom stereocenters. The molecule has 0 atom stereocenters. The smallest absolute Gasteiger partial charge is 0.0461 e. The van der Waals surface area contributed by atoms with E-state index in [9.17, 15) is 0 Å². The molecule has 0 bridgehead atoms. The van der Waals surface area contributed by atoms with Gasteiger partial charge in [-0.2, -0.15) is 0 Å². The quantitative estimate of drug-likeness (QED) is 0.546. The standard InChI is InChI=1S/C26H27N/c1-20-12-14-22(15-13-20)23-16-18-25(19-17-23)27-21(2)8-4-3-5-9-24-10-6-7-11-26(24)27/h4,7-8,11-19H,2-3,5-6,9-10H2,1H3/b8-4-. The van der Waals surface area contributed by atoms with Crippen molar-refractivity contribution in [3.8, 4) is 11.1 Å². The van der Waals surface area contributed by atoms with Gasteiger partial charge in [-0.1, -0.05) is 60.7 Å². The zero-order valence-corrected chi connectivity index (χ0v) is 16.1. The molecule has 1 aliphatic heterocycles. The van der Waals surface area contributed by atoms with Gasteiger partial charge < -0.3 is 4.90 Å². The van der Waals surface area contributed by atoms with Crippen molar-refractivity contribution in [1.29, 1.82) is 0 Å². The summed E-state index contributed by atoms with van der Waals surface area (Å²) in [4.78, 5) is 2.33. The molecule has 2 aromatic rings.